The molecular weight excluding hydrogens is 254 g/mol. The number of carbonyl (C=O) groups excluding carboxylic acids is 2. The van der Waals surface area contributed by atoms with Crippen molar-refractivity contribution in [3.05, 3.63) is 29.8 Å². The molecule has 0 bridgehead atoms. The zero-order valence-corrected chi connectivity index (χ0v) is 11.5. The highest BCUT2D eigenvalue weighted by molar-refractivity contribution is 6.44. The van der Waals surface area contributed by atoms with E-state index in [4.69, 9.17) is 0 Å². The van der Waals surface area contributed by atoms with Gasteiger partial charge >= 0.3 is 0 Å². The van der Waals surface area contributed by atoms with E-state index >= 15 is 0 Å². The predicted octanol–water partition coefficient (Wildman–Crippen LogP) is 1.57. The van der Waals surface area contributed by atoms with Gasteiger partial charge in [-0.1, -0.05) is 18.2 Å². The third kappa shape index (κ3) is 2.19. The van der Waals surface area contributed by atoms with Crippen LogP contribution in [0.5, 0.6) is 0 Å². The van der Waals surface area contributed by atoms with E-state index in [0.29, 0.717) is 25.1 Å². The van der Waals surface area contributed by atoms with Crippen molar-refractivity contribution in [1.29, 1.82) is 0 Å². The zero-order valence-electron chi connectivity index (χ0n) is 11.5. The molecule has 104 valence electrons. The van der Waals surface area contributed by atoms with E-state index in [1.165, 1.54) is 10.6 Å². The largest absolute Gasteiger partial charge is 0.307 e. The third-order valence-corrected chi connectivity index (χ3v) is 3.81. The molecule has 2 amide bonds. The molecule has 20 heavy (non-hydrogen) atoms. The Balaban J connectivity index is 1.89. The Morgan fingerprint density at radius 3 is 2.80 bits per heavy atom. The maximum absolute atomic E-state index is 12.6. The number of fused-ring (bicyclic) bond motifs is 1. The summed E-state index contributed by atoms with van der Waals surface area (Å²) in [7, 11) is 1.60. The molecule has 0 N–H and O–H groups in total. The number of hydrazone groups is 1. The monoisotopic (exact) mass is 271 g/mol. The molecule has 0 unspecified atom stereocenters. The van der Waals surface area contributed by atoms with E-state index in [1.54, 1.807) is 11.9 Å². The summed E-state index contributed by atoms with van der Waals surface area (Å²) in [4.78, 5) is 25.8. The Labute approximate surface area is 117 Å². The van der Waals surface area contributed by atoms with E-state index in [0.717, 1.165) is 18.5 Å². The second-order valence-corrected chi connectivity index (χ2v) is 5.15. The molecule has 0 spiro atoms. The van der Waals surface area contributed by atoms with Gasteiger partial charge in [0.1, 0.15) is 5.71 Å². The van der Waals surface area contributed by atoms with E-state index in [2.05, 4.69) is 11.2 Å². The summed E-state index contributed by atoms with van der Waals surface area (Å²) in [6.07, 6.45) is 2.76. The van der Waals surface area contributed by atoms with Crippen LogP contribution in [0.25, 0.3) is 0 Å². The molecule has 2 aliphatic heterocycles. The summed E-state index contributed by atoms with van der Waals surface area (Å²) < 4.78 is 0. The number of nitrogens with zero attached hydrogens (tertiary/aromatic N) is 3. The van der Waals surface area contributed by atoms with Crippen LogP contribution in [-0.2, 0) is 16.0 Å². The molecule has 0 saturated carbocycles. The number of aryl methyl sites for hydroxylation is 1. The van der Waals surface area contributed by atoms with Crippen molar-refractivity contribution in [2.75, 3.05) is 18.5 Å². The van der Waals surface area contributed by atoms with Gasteiger partial charge < -0.3 is 4.90 Å². The van der Waals surface area contributed by atoms with Crippen molar-refractivity contribution in [3.63, 3.8) is 0 Å². The normalized spacial score (nSPS) is 18.6. The van der Waals surface area contributed by atoms with Gasteiger partial charge in [-0.3, -0.25) is 9.59 Å². The number of hydrogen-bond donors (Lipinski definition) is 0. The third-order valence-electron chi connectivity index (χ3n) is 3.81. The van der Waals surface area contributed by atoms with Crippen LogP contribution < -0.4 is 4.90 Å². The fourth-order valence-corrected chi connectivity index (χ4v) is 2.72. The highest BCUT2D eigenvalue weighted by atomic mass is 16.2. The van der Waals surface area contributed by atoms with Gasteiger partial charge in [-0.2, -0.15) is 5.10 Å². The fraction of sp³-hybridized carbons (Fsp3) is 0.400. The van der Waals surface area contributed by atoms with Crippen LogP contribution >= 0.6 is 0 Å². The van der Waals surface area contributed by atoms with Gasteiger partial charge in [0.15, 0.2) is 0 Å². The number of amides is 2. The zero-order chi connectivity index (χ0) is 14.1. The lowest BCUT2D eigenvalue weighted by molar-refractivity contribution is -0.130. The minimum atomic E-state index is -0.0727. The summed E-state index contributed by atoms with van der Waals surface area (Å²) in [5.41, 5.74) is 2.66. The second-order valence-electron chi connectivity index (χ2n) is 5.15. The van der Waals surface area contributed by atoms with Crippen LogP contribution in [0.3, 0.4) is 0 Å². The summed E-state index contributed by atoms with van der Waals surface area (Å²) >= 11 is 0. The van der Waals surface area contributed by atoms with Gasteiger partial charge in [-0.15, -0.1) is 0 Å². The molecular formula is C15H17N3O2. The number of carbonyl (C=O) groups is 2. The molecule has 2 heterocycles. The van der Waals surface area contributed by atoms with Crippen LogP contribution in [-0.4, -0.2) is 36.1 Å². The lowest BCUT2D eigenvalue weighted by Gasteiger charge is -2.31. The Hall–Kier alpha value is -2.17. The summed E-state index contributed by atoms with van der Waals surface area (Å²) in [5.74, 6) is -0.114. The highest BCUT2D eigenvalue weighted by Crippen LogP contribution is 2.27. The minimum Gasteiger partial charge on any atom is -0.307 e. The Morgan fingerprint density at radius 2 is 2.00 bits per heavy atom. The molecule has 0 fully saturated rings. The summed E-state index contributed by atoms with van der Waals surface area (Å²) in [6.45, 7) is 0.715. The molecule has 0 aromatic heterocycles. The van der Waals surface area contributed by atoms with Crippen LogP contribution in [0.4, 0.5) is 5.69 Å². The molecule has 2 aliphatic rings. The number of benzene rings is 1. The lowest BCUT2D eigenvalue weighted by Crippen LogP contribution is -2.43. The first-order chi connectivity index (χ1) is 9.66. The van der Waals surface area contributed by atoms with Crippen molar-refractivity contribution in [2.45, 2.75) is 25.7 Å². The van der Waals surface area contributed by atoms with Crippen molar-refractivity contribution < 1.29 is 9.59 Å². The van der Waals surface area contributed by atoms with Gasteiger partial charge in [0, 0.05) is 32.1 Å². The average molecular weight is 271 g/mol. The van der Waals surface area contributed by atoms with Crippen LogP contribution in [0, 0.1) is 0 Å². The smallest absolute Gasteiger partial charge is 0.274 e. The predicted molar refractivity (Wildman–Crippen MR) is 76.6 cm³/mol. The van der Waals surface area contributed by atoms with Crippen molar-refractivity contribution in [2.24, 2.45) is 5.10 Å². The Bertz CT molecular complexity index is 595. The molecule has 1 aromatic carbocycles. The molecule has 0 atom stereocenters. The van der Waals surface area contributed by atoms with Gasteiger partial charge in [0.25, 0.3) is 5.91 Å². The minimum absolute atomic E-state index is 0.0411. The van der Waals surface area contributed by atoms with E-state index < -0.39 is 0 Å². The maximum atomic E-state index is 12.6. The SMILES string of the molecule is CN1N=C(C(=O)N2CCCc3ccccc32)CCC1=O. The maximum Gasteiger partial charge on any atom is 0.274 e. The Kier molecular flexibility index (Phi) is 3.26. The first-order valence-corrected chi connectivity index (χ1v) is 6.90. The standard InChI is InChI=1S/C15H17N3O2/c1-17-14(19)9-8-12(16-17)15(20)18-10-4-6-11-5-2-3-7-13(11)18/h2-3,5,7H,4,6,8-10H2,1H3. The quantitative estimate of drug-likeness (QED) is 0.778. The first-order valence-electron chi connectivity index (χ1n) is 6.90. The average Bonchev–Trinajstić information content (AvgIpc) is 2.49. The molecule has 5 nitrogen and oxygen atoms in total. The first kappa shape index (κ1) is 12.8. The van der Waals surface area contributed by atoms with Gasteiger partial charge in [-0.05, 0) is 24.5 Å². The number of hydrogen-bond acceptors (Lipinski definition) is 3. The van der Waals surface area contributed by atoms with Gasteiger partial charge in [-0.25, -0.2) is 5.01 Å². The number of anilines is 1. The number of para-hydroxylation sites is 1. The molecule has 5 heteroatoms. The van der Waals surface area contributed by atoms with Crippen LogP contribution in [0.2, 0.25) is 0 Å². The molecule has 3 rings (SSSR count). The van der Waals surface area contributed by atoms with E-state index in [1.807, 2.05) is 18.2 Å². The Morgan fingerprint density at radius 1 is 1.20 bits per heavy atom. The molecule has 1 aromatic rings. The number of rotatable bonds is 1. The van der Waals surface area contributed by atoms with Crippen LogP contribution in [0.15, 0.2) is 29.4 Å². The van der Waals surface area contributed by atoms with Gasteiger partial charge in [0.2, 0.25) is 5.91 Å². The van der Waals surface area contributed by atoms with Crippen LogP contribution in [0.1, 0.15) is 24.8 Å². The van der Waals surface area contributed by atoms with Crippen molar-refractivity contribution in [1.82, 2.24) is 5.01 Å². The van der Waals surface area contributed by atoms with E-state index in [9.17, 15) is 9.59 Å². The van der Waals surface area contributed by atoms with Crippen molar-refractivity contribution in [3.8, 4) is 0 Å². The lowest BCUT2D eigenvalue weighted by atomic mass is 10.0. The van der Waals surface area contributed by atoms with Crippen molar-refractivity contribution >= 4 is 23.2 Å². The topological polar surface area (TPSA) is 53.0 Å². The molecule has 0 radical (unpaired) electrons. The molecule has 0 aliphatic carbocycles. The van der Waals surface area contributed by atoms with E-state index in [-0.39, 0.29) is 11.8 Å². The second kappa shape index (κ2) is 5.07. The fourth-order valence-electron chi connectivity index (χ4n) is 2.72. The van der Waals surface area contributed by atoms with Gasteiger partial charge in [0.05, 0.1) is 0 Å². The highest BCUT2D eigenvalue weighted by Gasteiger charge is 2.29. The molecule has 0 saturated heterocycles. The summed E-state index contributed by atoms with van der Waals surface area (Å²) in [6, 6.07) is 7.98. The summed E-state index contributed by atoms with van der Waals surface area (Å²) in [5, 5.41) is 5.39.